The molecular weight excluding hydrogens is 232 g/mol. The molecule has 17 heavy (non-hydrogen) atoms. The Morgan fingerprint density at radius 3 is 2.41 bits per heavy atom. The third-order valence-corrected chi connectivity index (χ3v) is 2.86. The monoisotopic (exact) mass is 246 g/mol. The molecule has 0 unspecified atom stereocenters. The normalized spacial score (nSPS) is 10.3. The Kier molecular flexibility index (Phi) is 3.24. The van der Waals surface area contributed by atoms with Crippen LogP contribution in [0, 0.1) is 18.6 Å². The van der Waals surface area contributed by atoms with E-state index in [1.54, 1.807) is 13.3 Å². The van der Waals surface area contributed by atoms with E-state index in [9.17, 15) is 0 Å². The predicted octanol–water partition coefficient (Wildman–Crippen LogP) is 3.43. The molecule has 0 atom stereocenters. The number of rotatable bonds is 2. The fraction of sp³-hybridized carbons (Fsp3) is 0.231. The third-order valence-electron chi connectivity index (χ3n) is 2.65. The maximum Gasteiger partial charge on any atom is 0.197 e. The minimum atomic E-state index is 0.494. The van der Waals surface area contributed by atoms with Gasteiger partial charge in [0.15, 0.2) is 4.77 Å². The maximum absolute atomic E-state index is 5.35. The van der Waals surface area contributed by atoms with Crippen molar-refractivity contribution in [3.63, 3.8) is 0 Å². The second-order valence-electron chi connectivity index (χ2n) is 3.93. The molecule has 0 saturated carbocycles. The summed E-state index contributed by atoms with van der Waals surface area (Å²) in [5.41, 5.74) is 4.28. The number of aromatic amines is 1. The molecule has 0 aliphatic heterocycles. The van der Waals surface area contributed by atoms with Gasteiger partial charge in [-0.25, -0.2) is 4.98 Å². The highest BCUT2D eigenvalue weighted by atomic mass is 32.1. The number of nitrogens with zero attached hydrogens (tertiary/aromatic N) is 1. The summed E-state index contributed by atoms with van der Waals surface area (Å²) in [4.78, 5) is 7.06. The van der Waals surface area contributed by atoms with Gasteiger partial charge < -0.3 is 9.72 Å². The van der Waals surface area contributed by atoms with Gasteiger partial charge in [-0.05, 0) is 61.0 Å². The van der Waals surface area contributed by atoms with Crippen molar-refractivity contribution >= 4 is 12.2 Å². The van der Waals surface area contributed by atoms with E-state index in [4.69, 9.17) is 17.0 Å². The van der Waals surface area contributed by atoms with Crippen LogP contribution in [0.1, 0.15) is 11.1 Å². The van der Waals surface area contributed by atoms with Crippen LogP contribution in [0.2, 0.25) is 0 Å². The lowest BCUT2D eigenvalue weighted by Gasteiger charge is -2.11. The number of hydrogen-bond donors (Lipinski definition) is 1. The molecule has 0 radical (unpaired) electrons. The molecule has 3 nitrogen and oxygen atoms in total. The van der Waals surface area contributed by atoms with Crippen molar-refractivity contribution in [2.24, 2.45) is 0 Å². The van der Waals surface area contributed by atoms with Gasteiger partial charge in [0.1, 0.15) is 5.75 Å². The highest BCUT2D eigenvalue weighted by Crippen LogP contribution is 2.28. The molecule has 2 rings (SSSR count). The van der Waals surface area contributed by atoms with Crippen molar-refractivity contribution in [2.45, 2.75) is 13.8 Å². The zero-order valence-electron chi connectivity index (χ0n) is 10.1. The topological polar surface area (TPSA) is 37.9 Å². The first-order chi connectivity index (χ1) is 8.11. The number of methoxy groups -OCH3 is 1. The number of H-pyrrole nitrogens is 1. The molecule has 1 heterocycles. The summed E-state index contributed by atoms with van der Waals surface area (Å²) in [6.45, 7) is 4.07. The standard InChI is InChI=1S/C13H14N2OS/c1-8-6-10(7-9(2)12(8)16-3)11-4-5-14-13(17)15-11/h4-7H,1-3H3,(H,14,15,17). The molecular formula is C13H14N2OS. The van der Waals surface area contributed by atoms with E-state index in [-0.39, 0.29) is 0 Å². The van der Waals surface area contributed by atoms with Crippen LogP contribution in [0.4, 0.5) is 0 Å². The predicted molar refractivity (Wildman–Crippen MR) is 70.9 cm³/mol. The molecule has 1 N–H and O–H groups in total. The second-order valence-corrected chi connectivity index (χ2v) is 4.32. The average molecular weight is 246 g/mol. The minimum Gasteiger partial charge on any atom is -0.496 e. The SMILES string of the molecule is COc1c(C)cc(-c2ccnc(=S)[nH]2)cc1C. The van der Waals surface area contributed by atoms with Crippen LogP contribution in [0.15, 0.2) is 24.4 Å². The Labute approximate surface area is 105 Å². The first kappa shape index (κ1) is 11.8. The number of aryl methyl sites for hydroxylation is 2. The van der Waals surface area contributed by atoms with E-state index in [1.807, 2.05) is 19.9 Å². The fourth-order valence-corrected chi connectivity index (χ4v) is 2.14. The Bertz CT molecular complexity index is 581. The molecule has 2 aromatic rings. The van der Waals surface area contributed by atoms with E-state index in [2.05, 4.69) is 22.1 Å². The van der Waals surface area contributed by atoms with Gasteiger partial charge in [-0.2, -0.15) is 0 Å². The van der Waals surface area contributed by atoms with Crippen molar-refractivity contribution in [3.8, 4) is 17.0 Å². The summed E-state index contributed by atoms with van der Waals surface area (Å²) in [6.07, 6.45) is 1.71. The minimum absolute atomic E-state index is 0.494. The smallest absolute Gasteiger partial charge is 0.197 e. The van der Waals surface area contributed by atoms with Gasteiger partial charge in [-0.1, -0.05) is 0 Å². The van der Waals surface area contributed by atoms with Crippen LogP contribution in [-0.2, 0) is 0 Å². The third kappa shape index (κ3) is 2.36. The zero-order valence-corrected chi connectivity index (χ0v) is 10.9. The molecule has 0 bridgehead atoms. The van der Waals surface area contributed by atoms with Crippen molar-refractivity contribution in [1.82, 2.24) is 9.97 Å². The van der Waals surface area contributed by atoms with Gasteiger partial charge in [0.2, 0.25) is 0 Å². The number of nitrogens with one attached hydrogen (secondary N) is 1. The number of ether oxygens (including phenoxy) is 1. The van der Waals surface area contributed by atoms with Gasteiger partial charge in [0.05, 0.1) is 7.11 Å². The summed E-state index contributed by atoms with van der Waals surface area (Å²) in [6, 6.07) is 6.06. The molecule has 88 valence electrons. The number of aromatic nitrogens is 2. The van der Waals surface area contributed by atoms with E-state index < -0.39 is 0 Å². The number of benzene rings is 1. The summed E-state index contributed by atoms with van der Waals surface area (Å²) in [5, 5.41) is 0. The van der Waals surface area contributed by atoms with Crippen LogP contribution < -0.4 is 4.74 Å². The zero-order chi connectivity index (χ0) is 12.4. The molecule has 0 aliphatic carbocycles. The maximum atomic E-state index is 5.35. The quantitative estimate of drug-likeness (QED) is 0.825. The van der Waals surface area contributed by atoms with Gasteiger partial charge in [-0.15, -0.1) is 0 Å². The first-order valence-corrected chi connectivity index (χ1v) is 5.73. The Hall–Kier alpha value is -1.68. The summed E-state index contributed by atoms with van der Waals surface area (Å²) in [5.74, 6) is 0.932. The number of hydrogen-bond acceptors (Lipinski definition) is 3. The molecule has 0 fully saturated rings. The van der Waals surface area contributed by atoms with Crippen molar-refractivity contribution in [2.75, 3.05) is 7.11 Å². The second kappa shape index (κ2) is 4.67. The largest absolute Gasteiger partial charge is 0.496 e. The van der Waals surface area contributed by atoms with Gasteiger partial charge in [-0.3, -0.25) is 0 Å². The van der Waals surface area contributed by atoms with Crippen LogP contribution >= 0.6 is 12.2 Å². The summed E-state index contributed by atoms with van der Waals surface area (Å²) < 4.78 is 5.84. The van der Waals surface area contributed by atoms with Crippen LogP contribution in [0.5, 0.6) is 5.75 Å². The molecule has 1 aromatic heterocycles. The van der Waals surface area contributed by atoms with E-state index >= 15 is 0 Å². The molecule has 0 aliphatic rings. The van der Waals surface area contributed by atoms with Crippen LogP contribution in [0.25, 0.3) is 11.3 Å². The first-order valence-electron chi connectivity index (χ1n) is 5.33. The summed E-state index contributed by atoms with van der Waals surface area (Å²) in [7, 11) is 1.69. The Morgan fingerprint density at radius 1 is 1.24 bits per heavy atom. The lowest BCUT2D eigenvalue weighted by molar-refractivity contribution is 0.408. The summed E-state index contributed by atoms with van der Waals surface area (Å²) >= 11 is 5.02. The lowest BCUT2D eigenvalue weighted by atomic mass is 10.0. The van der Waals surface area contributed by atoms with Crippen molar-refractivity contribution in [3.05, 3.63) is 40.3 Å². The van der Waals surface area contributed by atoms with E-state index in [1.165, 1.54) is 0 Å². The molecule has 0 amide bonds. The Morgan fingerprint density at radius 2 is 1.88 bits per heavy atom. The highest BCUT2D eigenvalue weighted by Gasteiger charge is 2.06. The molecule has 1 aromatic carbocycles. The van der Waals surface area contributed by atoms with Gasteiger partial charge in [0.25, 0.3) is 0 Å². The molecule has 0 saturated heterocycles. The average Bonchev–Trinajstić information content (AvgIpc) is 2.28. The van der Waals surface area contributed by atoms with E-state index in [0.29, 0.717) is 4.77 Å². The van der Waals surface area contributed by atoms with E-state index in [0.717, 1.165) is 28.1 Å². The van der Waals surface area contributed by atoms with Crippen LogP contribution in [-0.4, -0.2) is 17.1 Å². The van der Waals surface area contributed by atoms with Crippen molar-refractivity contribution < 1.29 is 4.74 Å². The fourth-order valence-electron chi connectivity index (χ4n) is 1.96. The van der Waals surface area contributed by atoms with Gasteiger partial charge >= 0.3 is 0 Å². The Balaban J connectivity index is 2.58. The van der Waals surface area contributed by atoms with Crippen molar-refractivity contribution in [1.29, 1.82) is 0 Å². The molecule has 4 heteroatoms. The lowest BCUT2D eigenvalue weighted by Crippen LogP contribution is -1.93. The highest BCUT2D eigenvalue weighted by molar-refractivity contribution is 7.71. The molecule has 0 spiro atoms. The van der Waals surface area contributed by atoms with Gasteiger partial charge in [0, 0.05) is 11.9 Å². The van der Waals surface area contributed by atoms with Crippen LogP contribution in [0.3, 0.4) is 0 Å².